The minimum atomic E-state index is -0.556. The summed E-state index contributed by atoms with van der Waals surface area (Å²) >= 11 is 3.14. The van der Waals surface area contributed by atoms with Gasteiger partial charge in [-0.05, 0) is 31.7 Å². The Bertz CT molecular complexity index is 1120. The summed E-state index contributed by atoms with van der Waals surface area (Å²) in [5.41, 5.74) is 0.168. The van der Waals surface area contributed by atoms with Crippen molar-refractivity contribution in [1.82, 2.24) is 19.8 Å². The van der Waals surface area contributed by atoms with Crippen LogP contribution in [-0.4, -0.2) is 39.9 Å². The molecule has 0 aliphatic heterocycles. The minimum Gasteiger partial charge on any atom is -0.352 e. The number of nitrogens with zero attached hydrogens (tertiary/aromatic N) is 3. The number of aromatic nitrogens is 2. The monoisotopic (exact) mass is 458 g/mol. The lowest BCUT2D eigenvalue weighted by Crippen LogP contribution is -2.36. The van der Waals surface area contributed by atoms with Crippen molar-refractivity contribution < 1.29 is 9.59 Å². The Morgan fingerprint density at radius 1 is 1.23 bits per heavy atom. The fraction of sp³-hybridized carbons (Fsp3) is 0.364. The van der Waals surface area contributed by atoms with Crippen LogP contribution in [0.25, 0.3) is 9.88 Å². The maximum atomic E-state index is 13.2. The summed E-state index contributed by atoms with van der Waals surface area (Å²) in [4.78, 5) is 45.7. The van der Waals surface area contributed by atoms with Gasteiger partial charge in [0.1, 0.15) is 16.1 Å². The predicted octanol–water partition coefficient (Wildman–Crippen LogP) is 4.03. The number of pyridine rings is 1. The molecule has 3 aromatic heterocycles. The highest BCUT2D eigenvalue weighted by Gasteiger charge is 2.23. The molecule has 0 unspecified atom stereocenters. The van der Waals surface area contributed by atoms with Gasteiger partial charge in [-0.2, -0.15) is 0 Å². The number of amides is 2. The van der Waals surface area contributed by atoms with Gasteiger partial charge >= 0.3 is 0 Å². The molecule has 0 spiro atoms. The first-order chi connectivity index (χ1) is 14.8. The largest absolute Gasteiger partial charge is 0.352 e. The number of nitrogens with one attached hydrogen (secondary N) is 1. The molecule has 1 N–H and O–H groups in total. The third-order valence-electron chi connectivity index (χ3n) is 4.99. The van der Waals surface area contributed by atoms with Gasteiger partial charge in [-0.3, -0.25) is 14.4 Å². The standard InChI is InChI=1S/C22H26N4O3S2/c1-5-14(3)26-11-16(20(28)23-6-2)19(27)17(12-26)22(29)25(4)10-15-13-31-21(24-15)18-8-7-9-30-18/h7-9,11-14H,5-6,10H2,1-4H3,(H,23,28)/t14-/m1/s1. The summed E-state index contributed by atoms with van der Waals surface area (Å²) in [6.07, 6.45) is 3.88. The van der Waals surface area contributed by atoms with Crippen molar-refractivity contribution in [2.24, 2.45) is 0 Å². The molecule has 31 heavy (non-hydrogen) atoms. The second kappa shape index (κ2) is 10.0. The molecule has 0 saturated carbocycles. The lowest BCUT2D eigenvalue weighted by Gasteiger charge is -2.20. The smallest absolute Gasteiger partial charge is 0.259 e. The van der Waals surface area contributed by atoms with E-state index >= 15 is 0 Å². The molecular formula is C22H26N4O3S2. The van der Waals surface area contributed by atoms with Crippen LogP contribution < -0.4 is 10.7 Å². The zero-order chi connectivity index (χ0) is 22.5. The topological polar surface area (TPSA) is 84.3 Å². The average Bonchev–Trinajstić information content (AvgIpc) is 3.45. The fourth-order valence-corrected chi connectivity index (χ4v) is 4.67. The molecule has 164 valence electrons. The Balaban J connectivity index is 1.89. The van der Waals surface area contributed by atoms with Crippen LogP contribution in [0.5, 0.6) is 0 Å². The van der Waals surface area contributed by atoms with Crippen molar-refractivity contribution in [1.29, 1.82) is 0 Å². The van der Waals surface area contributed by atoms with Crippen LogP contribution in [0.1, 0.15) is 59.6 Å². The van der Waals surface area contributed by atoms with Crippen molar-refractivity contribution in [3.63, 3.8) is 0 Å². The number of rotatable bonds is 8. The molecule has 0 bridgehead atoms. The van der Waals surface area contributed by atoms with E-state index in [1.54, 1.807) is 36.1 Å². The average molecular weight is 459 g/mol. The second-order valence-electron chi connectivity index (χ2n) is 7.26. The van der Waals surface area contributed by atoms with Gasteiger partial charge in [-0.25, -0.2) is 4.98 Å². The minimum absolute atomic E-state index is 0.0136. The van der Waals surface area contributed by atoms with Crippen LogP contribution in [0.3, 0.4) is 0 Å². The zero-order valence-corrected chi connectivity index (χ0v) is 19.7. The van der Waals surface area contributed by atoms with Gasteiger partial charge in [0.05, 0.1) is 17.1 Å². The van der Waals surface area contributed by atoms with E-state index in [4.69, 9.17) is 0 Å². The highest BCUT2D eigenvalue weighted by atomic mass is 32.1. The zero-order valence-electron chi connectivity index (χ0n) is 18.0. The first-order valence-corrected chi connectivity index (χ1v) is 11.9. The van der Waals surface area contributed by atoms with Crippen LogP contribution in [0.15, 0.2) is 40.1 Å². The normalized spacial score (nSPS) is 11.9. The molecule has 1 atom stereocenters. The Labute approximate surface area is 189 Å². The van der Waals surface area contributed by atoms with E-state index in [1.807, 2.05) is 36.7 Å². The van der Waals surface area contributed by atoms with Gasteiger partial charge in [0.25, 0.3) is 11.8 Å². The van der Waals surface area contributed by atoms with Crippen LogP contribution >= 0.6 is 22.7 Å². The van der Waals surface area contributed by atoms with Crippen molar-refractivity contribution in [2.45, 2.75) is 39.8 Å². The SMILES string of the molecule is CCNC(=O)c1cn([C@H](C)CC)cc(C(=O)N(C)Cc2csc(-c3cccs3)n2)c1=O. The number of hydrogen-bond acceptors (Lipinski definition) is 6. The number of thiophene rings is 1. The number of carbonyl (C=O) groups excluding carboxylic acids is 2. The molecule has 0 aliphatic carbocycles. The van der Waals surface area contributed by atoms with Gasteiger partial charge in [0.15, 0.2) is 0 Å². The van der Waals surface area contributed by atoms with Gasteiger partial charge < -0.3 is 14.8 Å². The molecule has 0 aliphatic rings. The molecule has 3 aromatic rings. The Kier molecular flexibility index (Phi) is 7.40. The lowest BCUT2D eigenvalue weighted by atomic mass is 10.1. The van der Waals surface area contributed by atoms with Crippen LogP contribution in [0.4, 0.5) is 0 Å². The third kappa shape index (κ3) is 5.11. The quantitative estimate of drug-likeness (QED) is 0.552. The van der Waals surface area contributed by atoms with Gasteiger partial charge in [0.2, 0.25) is 5.43 Å². The molecule has 0 radical (unpaired) electrons. The van der Waals surface area contributed by atoms with Crippen molar-refractivity contribution in [2.75, 3.05) is 13.6 Å². The summed E-state index contributed by atoms with van der Waals surface area (Å²) in [7, 11) is 1.64. The third-order valence-corrected chi connectivity index (χ3v) is 6.92. The van der Waals surface area contributed by atoms with Gasteiger partial charge in [0, 0.05) is 37.4 Å². The summed E-state index contributed by atoms with van der Waals surface area (Å²) in [5, 5.41) is 7.47. The molecular weight excluding hydrogens is 432 g/mol. The van der Waals surface area contributed by atoms with Crippen LogP contribution in [0, 0.1) is 0 Å². The number of carbonyl (C=O) groups is 2. The van der Waals surface area contributed by atoms with Crippen molar-refractivity contribution in [3.8, 4) is 9.88 Å². The maximum Gasteiger partial charge on any atom is 0.259 e. The number of thiazole rings is 1. The fourth-order valence-electron chi connectivity index (χ4n) is 3.05. The van der Waals surface area contributed by atoms with E-state index in [0.29, 0.717) is 6.54 Å². The summed E-state index contributed by atoms with van der Waals surface area (Å²) < 4.78 is 1.77. The Hall–Kier alpha value is -2.78. The van der Waals surface area contributed by atoms with Crippen molar-refractivity contribution >= 4 is 34.5 Å². The van der Waals surface area contributed by atoms with Crippen molar-refractivity contribution in [3.05, 3.63) is 62.3 Å². The summed E-state index contributed by atoms with van der Waals surface area (Å²) in [5.74, 6) is -0.902. The first kappa shape index (κ1) is 22.9. The highest BCUT2D eigenvalue weighted by molar-refractivity contribution is 7.20. The molecule has 3 rings (SSSR count). The molecule has 0 fully saturated rings. The Morgan fingerprint density at radius 3 is 2.61 bits per heavy atom. The highest BCUT2D eigenvalue weighted by Crippen LogP contribution is 2.28. The lowest BCUT2D eigenvalue weighted by molar-refractivity contribution is 0.0781. The van der Waals surface area contributed by atoms with E-state index in [0.717, 1.165) is 22.0 Å². The predicted molar refractivity (Wildman–Crippen MR) is 125 cm³/mol. The number of hydrogen-bond donors (Lipinski definition) is 1. The van der Waals surface area contributed by atoms with E-state index < -0.39 is 17.2 Å². The Morgan fingerprint density at radius 2 is 1.97 bits per heavy atom. The molecule has 3 heterocycles. The van der Waals surface area contributed by atoms with E-state index in [2.05, 4.69) is 10.3 Å². The van der Waals surface area contributed by atoms with E-state index in [9.17, 15) is 14.4 Å². The molecule has 0 aromatic carbocycles. The van der Waals surface area contributed by atoms with E-state index in [-0.39, 0.29) is 23.7 Å². The van der Waals surface area contributed by atoms with Gasteiger partial charge in [-0.1, -0.05) is 13.0 Å². The van der Waals surface area contributed by atoms with Crippen LogP contribution in [-0.2, 0) is 6.54 Å². The molecule has 2 amide bonds. The molecule has 9 heteroatoms. The summed E-state index contributed by atoms with van der Waals surface area (Å²) in [6.45, 7) is 6.44. The maximum absolute atomic E-state index is 13.2. The van der Waals surface area contributed by atoms with E-state index in [1.165, 1.54) is 22.4 Å². The first-order valence-electron chi connectivity index (χ1n) is 10.1. The summed E-state index contributed by atoms with van der Waals surface area (Å²) in [6, 6.07) is 4.02. The molecule has 7 nitrogen and oxygen atoms in total. The molecule has 0 saturated heterocycles. The van der Waals surface area contributed by atoms with Crippen LogP contribution in [0.2, 0.25) is 0 Å². The second-order valence-corrected chi connectivity index (χ2v) is 9.07. The van der Waals surface area contributed by atoms with Gasteiger partial charge in [-0.15, -0.1) is 22.7 Å².